The first-order valence-electron chi connectivity index (χ1n) is 10.1. The minimum atomic E-state index is -3.38. The summed E-state index contributed by atoms with van der Waals surface area (Å²) in [6.45, 7) is 2.60. The molecule has 160 valence electrons. The number of amides is 1. The number of hydrogen-bond acceptors (Lipinski definition) is 7. The summed E-state index contributed by atoms with van der Waals surface area (Å²) >= 11 is 0. The second kappa shape index (κ2) is 8.16. The zero-order valence-corrected chi connectivity index (χ0v) is 17.7. The molecule has 29 heavy (non-hydrogen) atoms. The van der Waals surface area contributed by atoms with Gasteiger partial charge in [-0.05, 0) is 44.9 Å². The number of sulfonamides is 1. The molecule has 10 heteroatoms. The van der Waals surface area contributed by atoms with Crippen molar-refractivity contribution in [2.45, 2.75) is 63.1 Å². The highest BCUT2D eigenvalue weighted by molar-refractivity contribution is 7.88. The van der Waals surface area contributed by atoms with E-state index in [0.717, 1.165) is 43.2 Å². The van der Waals surface area contributed by atoms with Crippen molar-refractivity contribution in [1.82, 2.24) is 19.6 Å². The van der Waals surface area contributed by atoms with Crippen LogP contribution >= 0.6 is 0 Å². The number of hydrogen-bond donors (Lipinski definition) is 1. The minimum absolute atomic E-state index is 0.109. The second-order valence-electron chi connectivity index (χ2n) is 8.21. The Balaban J connectivity index is 1.61. The van der Waals surface area contributed by atoms with E-state index in [1.54, 1.807) is 4.90 Å². The highest BCUT2D eigenvalue weighted by atomic mass is 32.2. The van der Waals surface area contributed by atoms with Gasteiger partial charge in [0, 0.05) is 23.8 Å². The van der Waals surface area contributed by atoms with Crippen molar-refractivity contribution in [3.8, 4) is 5.88 Å². The summed E-state index contributed by atoms with van der Waals surface area (Å²) in [5, 5.41) is 0. The number of rotatable bonds is 2. The Hall–Kier alpha value is -1.78. The average Bonchev–Trinajstić information content (AvgIpc) is 3.05. The van der Waals surface area contributed by atoms with E-state index in [-0.39, 0.29) is 30.7 Å². The molecule has 0 aromatic carbocycles. The molecule has 1 saturated carbocycles. The molecule has 3 aliphatic heterocycles. The second-order valence-corrected chi connectivity index (χ2v) is 9.99. The van der Waals surface area contributed by atoms with Gasteiger partial charge in [0.15, 0.2) is 6.61 Å². The number of nitrogens with zero attached hydrogens (tertiary/aromatic N) is 3. The third-order valence-electron chi connectivity index (χ3n) is 6.20. The lowest BCUT2D eigenvalue weighted by atomic mass is 9.82. The molecule has 0 unspecified atom stereocenters. The number of fused-ring (bicyclic) bond motifs is 5. The smallest absolute Gasteiger partial charge is 0.260 e. The van der Waals surface area contributed by atoms with Gasteiger partial charge in [0.05, 0.1) is 25.0 Å². The van der Waals surface area contributed by atoms with Crippen molar-refractivity contribution in [3.63, 3.8) is 0 Å². The van der Waals surface area contributed by atoms with Gasteiger partial charge in [0.1, 0.15) is 6.33 Å². The quantitative estimate of drug-likeness (QED) is 0.745. The summed E-state index contributed by atoms with van der Waals surface area (Å²) in [7, 11) is -3.38. The van der Waals surface area contributed by atoms with Gasteiger partial charge in [0.25, 0.3) is 5.91 Å². The third kappa shape index (κ3) is 4.54. The number of aryl methyl sites for hydroxylation is 1. The van der Waals surface area contributed by atoms with Gasteiger partial charge >= 0.3 is 0 Å². The SMILES string of the molecule is Cc1ncnc2c1C1CCC(CC1)OC[C@H]1[C@@H](NS(C)(=O)=O)CCN1C(=O)CO2. The summed E-state index contributed by atoms with van der Waals surface area (Å²) in [5.41, 5.74) is 1.88. The van der Waals surface area contributed by atoms with Crippen molar-refractivity contribution in [2.24, 2.45) is 0 Å². The topological polar surface area (TPSA) is 111 Å². The molecule has 1 amide bonds. The van der Waals surface area contributed by atoms with Crippen LogP contribution < -0.4 is 9.46 Å². The molecule has 1 aromatic rings. The summed E-state index contributed by atoms with van der Waals surface area (Å²) < 4.78 is 38.2. The van der Waals surface area contributed by atoms with Gasteiger partial charge in [0.2, 0.25) is 15.9 Å². The fourth-order valence-corrected chi connectivity index (χ4v) is 5.62. The Kier molecular flexibility index (Phi) is 5.76. The molecule has 0 spiro atoms. The lowest BCUT2D eigenvalue weighted by Crippen LogP contribution is -2.50. The third-order valence-corrected chi connectivity index (χ3v) is 6.93. The van der Waals surface area contributed by atoms with Crippen LogP contribution in [0, 0.1) is 6.92 Å². The Morgan fingerprint density at radius 2 is 1.93 bits per heavy atom. The molecule has 0 radical (unpaired) electrons. The molecular weight excluding hydrogens is 396 g/mol. The Bertz CT molecular complexity index is 869. The zero-order chi connectivity index (χ0) is 20.6. The summed E-state index contributed by atoms with van der Waals surface area (Å²) in [6, 6.07) is -0.696. The van der Waals surface area contributed by atoms with Crippen molar-refractivity contribution >= 4 is 15.9 Å². The van der Waals surface area contributed by atoms with Crippen molar-refractivity contribution < 1.29 is 22.7 Å². The molecule has 5 rings (SSSR count). The van der Waals surface area contributed by atoms with Gasteiger partial charge in [-0.3, -0.25) is 4.79 Å². The normalized spacial score (nSPS) is 30.6. The van der Waals surface area contributed by atoms with Crippen LogP contribution in [-0.4, -0.2) is 73.4 Å². The van der Waals surface area contributed by atoms with Crippen LogP contribution in [0.2, 0.25) is 0 Å². The maximum absolute atomic E-state index is 12.9. The molecular formula is C19H28N4O5S. The molecule has 2 atom stereocenters. The first kappa shape index (κ1) is 20.5. The van der Waals surface area contributed by atoms with Crippen LogP contribution in [0.5, 0.6) is 5.88 Å². The average molecular weight is 425 g/mol. The molecule has 1 aliphatic carbocycles. The molecule has 2 bridgehead atoms. The molecule has 2 fully saturated rings. The summed E-state index contributed by atoms with van der Waals surface area (Å²) in [5.74, 6) is 0.586. The van der Waals surface area contributed by atoms with Gasteiger partial charge in [-0.2, -0.15) is 0 Å². The largest absolute Gasteiger partial charge is 0.467 e. The van der Waals surface area contributed by atoms with E-state index < -0.39 is 10.0 Å². The Morgan fingerprint density at radius 1 is 1.17 bits per heavy atom. The molecule has 1 saturated heterocycles. The predicted molar refractivity (Wildman–Crippen MR) is 105 cm³/mol. The van der Waals surface area contributed by atoms with E-state index in [9.17, 15) is 13.2 Å². The number of carbonyl (C=O) groups excluding carboxylic acids is 1. The van der Waals surface area contributed by atoms with Crippen molar-refractivity contribution in [3.05, 3.63) is 17.6 Å². The number of ether oxygens (including phenoxy) is 2. The van der Waals surface area contributed by atoms with Crippen LogP contribution in [0.1, 0.15) is 49.3 Å². The number of nitrogens with one attached hydrogen (secondary N) is 1. The van der Waals surface area contributed by atoms with E-state index in [2.05, 4.69) is 14.7 Å². The van der Waals surface area contributed by atoms with Crippen LogP contribution in [-0.2, 0) is 19.6 Å². The molecule has 9 nitrogen and oxygen atoms in total. The summed E-state index contributed by atoms with van der Waals surface area (Å²) in [4.78, 5) is 23.2. The first-order valence-corrected chi connectivity index (χ1v) is 12.0. The first-order chi connectivity index (χ1) is 13.8. The van der Waals surface area contributed by atoms with Crippen molar-refractivity contribution in [1.29, 1.82) is 0 Å². The van der Waals surface area contributed by atoms with E-state index in [1.807, 2.05) is 6.92 Å². The standard InChI is InChI=1S/C19H28N4O5S/c1-12-18-13-3-5-14(6-4-13)27-9-16-15(22-29(2,25)26)7-8-23(16)17(24)10-28-19(18)21-11-20-12/h11,13-16,22H,3-10H2,1-2H3/t13?,14?,15-,16-/m0/s1. The van der Waals surface area contributed by atoms with Gasteiger partial charge in [-0.25, -0.2) is 23.1 Å². The van der Waals surface area contributed by atoms with Crippen LogP contribution in [0.3, 0.4) is 0 Å². The zero-order valence-electron chi connectivity index (χ0n) is 16.8. The Labute approximate surface area is 171 Å². The molecule has 4 heterocycles. The van der Waals surface area contributed by atoms with E-state index in [1.165, 1.54) is 6.33 Å². The Morgan fingerprint density at radius 3 is 2.66 bits per heavy atom. The summed E-state index contributed by atoms with van der Waals surface area (Å²) in [6.07, 6.45) is 6.98. The number of carbonyl (C=O) groups is 1. The van der Waals surface area contributed by atoms with E-state index >= 15 is 0 Å². The maximum Gasteiger partial charge on any atom is 0.260 e. The minimum Gasteiger partial charge on any atom is -0.467 e. The van der Waals surface area contributed by atoms with Crippen molar-refractivity contribution in [2.75, 3.05) is 26.0 Å². The lowest BCUT2D eigenvalue weighted by molar-refractivity contribution is -0.136. The van der Waals surface area contributed by atoms with Crippen LogP contribution in [0.4, 0.5) is 0 Å². The maximum atomic E-state index is 12.9. The highest BCUT2D eigenvalue weighted by Gasteiger charge is 2.40. The van der Waals surface area contributed by atoms with Gasteiger partial charge in [-0.1, -0.05) is 0 Å². The molecule has 1 N–H and O–H groups in total. The van der Waals surface area contributed by atoms with E-state index in [0.29, 0.717) is 31.4 Å². The molecule has 1 aromatic heterocycles. The van der Waals surface area contributed by atoms with E-state index in [4.69, 9.17) is 9.47 Å². The predicted octanol–water partition coefficient (Wildman–Crippen LogP) is 0.739. The highest BCUT2D eigenvalue weighted by Crippen LogP contribution is 2.39. The fourth-order valence-electron chi connectivity index (χ4n) is 4.79. The van der Waals surface area contributed by atoms with Gasteiger partial charge in [-0.15, -0.1) is 0 Å². The van der Waals surface area contributed by atoms with Crippen LogP contribution in [0.15, 0.2) is 6.33 Å². The molecule has 4 aliphatic rings. The van der Waals surface area contributed by atoms with Gasteiger partial charge < -0.3 is 14.4 Å². The monoisotopic (exact) mass is 424 g/mol. The lowest BCUT2D eigenvalue weighted by Gasteiger charge is -2.32. The fraction of sp³-hybridized carbons (Fsp3) is 0.737. The number of aromatic nitrogens is 2. The van der Waals surface area contributed by atoms with Crippen LogP contribution in [0.25, 0.3) is 0 Å².